The van der Waals surface area contributed by atoms with Crippen molar-refractivity contribution in [2.45, 2.75) is 18.9 Å². The summed E-state index contributed by atoms with van der Waals surface area (Å²) in [4.78, 5) is 0. The maximum atomic E-state index is 13.8. The number of hydrogen-bond acceptors (Lipinski definition) is 1. The zero-order chi connectivity index (χ0) is 14.6. The number of imidazole rings is 1. The number of fused-ring (bicyclic) bond motifs is 1. The topological polar surface area (TPSA) is 9.86 Å². The van der Waals surface area contributed by atoms with E-state index in [1.165, 1.54) is 0 Å². The van der Waals surface area contributed by atoms with E-state index < -0.39 is 34.8 Å². The normalized spacial score (nSPS) is 17.6. The number of aryl methyl sites for hydroxylation is 1. The van der Waals surface area contributed by atoms with Crippen molar-refractivity contribution < 1.29 is 17.6 Å². The van der Waals surface area contributed by atoms with Crippen LogP contribution in [0.2, 0.25) is 0 Å². The zero-order valence-electron chi connectivity index (χ0n) is 10.5. The molecule has 1 atom stereocenters. The lowest BCUT2D eigenvalue weighted by molar-refractivity contribution is 0.422. The van der Waals surface area contributed by atoms with E-state index in [2.05, 4.69) is 0 Å². The minimum atomic E-state index is -1.38. The standard InChI is InChI=1S/C13H10F4N2S/c1-18-5-7-2-6(4-19(7)13(18)20)10-11(16)8(14)3-9(15)12(10)17/h3,5-6H,2,4H2,1H3/t6-/m0/s1. The van der Waals surface area contributed by atoms with Gasteiger partial charge in [-0.05, 0) is 18.6 Å². The fourth-order valence-electron chi connectivity index (χ4n) is 2.70. The lowest BCUT2D eigenvalue weighted by Gasteiger charge is -2.13. The highest BCUT2D eigenvalue weighted by molar-refractivity contribution is 7.71. The molecule has 0 saturated carbocycles. The van der Waals surface area contributed by atoms with Gasteiger partial charge in [-0.25, -0.2) is 17.6 Å². The van der Waals surface area contributed by atoms with E-state index in [-0.39, 0.29) is 12.6 Å². The number of hydrogen-bond donors (Lipinski definition) is 0. The Balaban J connectivity index is 2.08. The van der Waals surface area contributed by atoms with E-state index in [1.807, 2.05) is 0 Å². The van der Waals surface area contributed by atoms with Gasteiger partial charge in [0, 0.05) is 43.0 Å². The number of benzene rings is 1. The summed E-state index contributed by atoms with van der Waals surface area (Å²) in [6.45, 7) is 0.214. The summed E-state index contributed by atoms with van der Waals surface area (Å²) in [6, 6.07) is 0.224. The molecule has 0 bridgehead atoms. The molecule has 0 aliphatic carbocycles. The monoisotopic (exact) mass is 302 g/mol. The largest absolute Gasteiger partial charge is 0.327 e. The second kappa shape index (κ2) is 4.44. The molecule has 1 aliphatic heterocycles. The van der Waals surface area contributed by atoms with Crippen LogP contribution in [0.1, 0.15) is 17.2 Å². The molecule has 2 heterocycles. The number of rotatable bonds is 1. The van der Waals surface area contributed by atoms with Crippen LogP contribution in [0, 0.1) is 28.0 Å². The third kappa shape index (κ3) is 1.80. The van der Waals surface area contributed by atoms with Crippen LogP contribution in [0.15, 0.2) is 12.3 Å². The summed E-state index contributed by atoms with van der Waals surface area (Å²) in [7, 11) is 1.77. The predicted octanol–water partition coefficient (Wildman–Crippen LogP) is 3.45. The summed E-state index contributed by atoms with van der Waals surface area (Å²) in [5.74, 6) is -6.05. The molecule has 2 nitrogen and oxygen atoms in total. The van der Waals surface area contributed by atoms with Gasteiger partial charge < -0.3 is 9.13 Å². The molecular formula is C13H10F4N2S. The molecule has 20 heavy (non-hydrogen) atoms. The van der Waals surface area contributed by atoms with Crippen molar-refractivity contribution in [3.8, 4) is 0 Å². The Morgan fingerprint density at radius 1 is 1.15 bits per heavy atom. The Kier molecular flexibility index (Phi) is 2.97. The molecule has 7 heteroatoms. The summed E-state index contributed by atoms with van der Waals surface area (Å²) in [6.07, 6.45) is 2.05. The molecule has 106 valence electrons. The molecular weight excluding hydrogens is 292 g/mol. The van der Waals surface area contributed by atoms with Gasteiger partial charge in [0.05, 0.1) is 0 Å². The maximum absolute atomic E-state index is 13.8. The average Bonchev–Trinajstić information content (AvgIpc) is 2.89. The summed E-state index contributed by atoms with van der Waals surface area (Å²) in [5.41, 5.74) is 0.259. The molecule has 1 aliphatic rings. The summed E-state index contributed by atoms with van der Waals surface area (Å²) >= 11 is 5.16. The lowest BCUT2D eigenvalue weighted by atomic mass is 9.95. The maximum Gasteiger partial charge on any atom is 0.179 e. The summed E-state index contributed by atoms with van der Waals surface area (Å²) in [5, 5.41) is 0. The second-order valence-electron chi connectivity index (χ2n) is 4.91. The van der Waals surface area contributed by atoms with Gasteiger partial charge in [-0.2, -0.15) is 0 Å². The molecule has 1 aromatic carbocycles. The molecule has 0 radical (unpaired) electrons. The van der Waals surface area contributed by atoms with Crippen molar-refractivity contribution in [3.63, 3.8) is 0 Å². The fourth-order valence-corrected chi connectivity index (χ4v) is 2.95. The Labute approximate surface area is 117 Å². The van der Waals surface area contributed by atoms with E-state index in [1.54, 1.807) is 22.4 Å². The van der Waals surface area contributed by atoms with Gasteiger partial charge in [0.1, 0.15) is 0 Å². The zero-order valence-corrected chi connectivity index (χ0v) is 11.3. The van der Waals surface area contributed by atoms with Crippen LogP contribution in [-0.2, 0) is 20.0 Å². The highest BCUT2D eigenvalue weighted by Crippen LogP contribution is 2.34. The van der Waals surface area contributed by atoms with Crippen molar-refractivity contribution in [2.75, 3.05) is 0 Å². The molecule has 0 fully saturated rings. The van der Waals surface area contributed by atoms with Crippen molar-refractivity contribution >= 4 is 12.2 Å². The minimum absolute atomic E-state index is 0.214. The average molecular weight is 302 g/mol. The molecule has 0 saturated heterocycles. The molecule has 3 rings (SSSR count). The predicted molar refractivity (Wildman–Crippen MR) is 67.0 cm³/mol. The fraction of sp³-hybridized carbons (Fsp3) is 0.308. The van der Waals surface area contributed by atoms with Crippen LogP contribution >= 0.6 is 12.2 Å². The van der Waals surface area contributed by atoms with Crippen molar-refractivity contribution in [1.29, 1.82) is 0 Å². The van der Waals surface area contributed by atoms with Gasteiger partial charge in [-0.3, -0.25) is 0 Å². The van der Waals surface area contributed by atoms with E-state index >= 15 is 0 Å². The Hall–Kier alpha value is -1.63. The van der Waals surface area contributed by atoms with E-state index in [0.29, 0.717) is 11.2 Å². The quantitative estimate of drug-likeness (QED) is 0.445. The Morgan fingerprint density at radius 3 is 2.30 bits per heavy atom. The molecule has 0 amide bonds. The van der Waals surface area contributed by atoms with Gasteiger partial charge in [0.2, 0.25) is 0 Å². The van der Waals surface area contributed by atoms with Gasteiger partial charge in [0.25, 0.3) is 0 Å². The van der Waals surface area contributed by atoms with Crippen LogP contribution < -0.4 is 0 Å². The first-order chi connectivity index (χ1) is 9.40. The van der Waals surface area contributed by atoms with Crippen molar-refractivity contribution in [3.05, 3.63) is 51.6 Å². The van der Waals surface area contributed by atoms with E-state index in [0.717, 1.165) is 5.69 Å². The summed E-state index contributed by atoms with van der Waals surface area (Å²) < 4.78 is 58.0. The first-order valence-electron chi connectivity index (χ1n) is 5.98. The van der Waals surface area contributed by atoms with Crippen LogP contribution in [0.25, 0.3) is 0 Å². The number of nitrogens with zero attached hydrogens (tertiary/aromatic N) is 2. The van der Waals surface area contributed by atoms with Crippen LogP contribution in [0.3, 0.4) is 0 Å². The lowest BCUT2D eigenvalue weighted by Crippen LogP contribution is -2.11. The van der Waals surface area contributed by atoms with Crippen molar-refractivity contribution in [1.82, 2.24) is 9.13 Å². The Morgan fingerprint density at radius 2 is 1.75 bits per heavy atom. The molecule has 0 spiro atoms. The first kappa shape index (κ1) is 13.4. The van der Waals surface area contributed by atoms with Crippen LogP contribution in [-0.4, -0.2) is 9.13 Å². The number of halogens is 4. The van der Waals surface area contributed by atoms with Crippen molar-refractivity contribution in [2.24, 2.45) is 7.05 Å². The highest BCUT2D eigenvalue weighted by atomic mass is 32.1. The van der Waals surface area contributed by atoms with E-state index in [4.69, 9.17) is 12.2 Å². The third-order valence-electron chi connectivity index (χ3n) is 3.63. The van der Waals surface area contributed by atoms with Gasteiger partial charge in [-0.1, -0.05) is 0 Å². The SMILES string of the molecule is Cn1cc2n(c1=S)C[C@@H](c1c(F)c(F)cc(F)c1F)C2. The van der Waals surface area contributed by atoms with Gasteiger partial charge >= 0.3 is 0 Å². The van der Waals surface area contributed by atoms with Gasteiger partial charge in [-0.15, -0.1) is 0 Å². The highest BCUT2D eigenvalue weighted by Gasteiger charge is 2.31. The molecule has 2 aromatic rings. The molecule has 0 unspecified atom stereocenters. The number of aromatic nitrogens is 2. The first-order valence-corrected chi connectivity index (χ1v) is 6.39. The molecule has 0 N–H and O–H groups in total. The van der Waals surface area contributed by atoms with E-state index in [9.17, 15) is 17.6 Å². The van der Waals surface area contributed by atoms with Crippen LogP contribution in [0.4, 0.5) is 17.6 Å². The van der Waals surface area contributed by atoms with Gasteiger partial charge in [0.15, 0.2) is 28.0 Å². The Bertz CT molecular complexity index is 736. The smallest absolute Gasteiger partial charge is 0.179 e. The van der Waals surface area contributed by atoms with Crippen LogP contribution in [0.5, 0.6) is 0 Å². The second-order valence-corrected chi connectivity index (χ2v) is 5.27. The minimum Gasteiger partial charge on any atom is -0.327 e. The molecule has 1 aromatic heterocycles. The third-order valence-corrected chi connectivity index (χ3v) is 4.14.